The van der Waals surface area contributed by atoms with Gasteiger partial charge in [-0.25, -0.2) is 4.79 Å². The van der Waals surface area contributed by atoms with Gasteiger partial charge in [-0.05, 0) is 69.8 Å². The molecule has 0 spiro atoms. The molecule has 6 nitrogen and oxygen atoms in total. The van der Waals surface area contributed by atoms with Crippen molar-refractivity contribution < 1.29 is 19.5 Å². The van der Waals surface area contributed by atoms with Crippen LogP contribution in [0.1, 0.15) is 50.5 Å². The number of amides is 2. The Morgan fingerprint density at radius 2 is 1.61 bits per heavy atom. The van der Waals surface area contributed by atoms with Crippen molar-refractivity contribution in [3.05, 3.63) is 130 Å². The Kier molecular flexibility index (Phi) is 7.38. The van der Waals surface area contributed by atoms with Crippen LogP contribution in [0.2, 0.25) is 0 Å². The first-order chi connectivity index (χ1) is 20.0. The van der Waals surface area contributed by atoms with Crippen molar-refractivity contribution in [1.82, 2.24) is 10.2 Å². The summed E-state index contributed by atoms with van der Waals surface area (Å²) in [5.41, 5.74) is 7.35. The molecule has 4 aromatic rings. The van der Waals surface area contributed by atoms with E-state index in [1.807, 2.05) is 71.6 Å². The fourth-order valence-electron chi connectivity index (χ4n) is 5.96. The van der Waals surface area contributed by atoms with Gasteiger partial charge in [0.1, 0.15) is 0 Å². The van der Waals surface area contributed by atoms with Gasteiger partial charge in [-0.2, -0.15) is 0 Å². The molecule has 6 heteroatoms. The van der Waals surface area contributed by atoms with Crippen LogP contribution in [0.15, 0.2) is 97.1 Å². The average molecular weight is 545 g/mol. The largest absolute Gasteiger partial charge is 0.478 e. The summed E-state index contributed by atoms with van der Waals surface area (Å²) < 4.78 is 0. The summed E-state index contributed by atoms with van der Waals surface area (Å²) in [7, 11) is 0. The number of nitrogens with zero attached hydrogens (tertiary/aromatic N) is 1. The van der Waals surface area contributed by atoms with Crippen molar-refractivity contribution in [2.75, 3.05) is 6.54 Å². The first kappa shape index (κ1) is 26.5. The predicted octanol–water partition coefficient (Wildman–Crippen LogP) is 5.60. The summed E-state index contributed by atoms with van der Waals surface area (Å²) in [5, 5.41) is 12.7. The molecule has 0 saturated heterocycles. The van der Waals surface area contributed by atoms with Gasteiger partial charge < -0.3 is 15.3 Å². The molecule has 2 atom stereocenters. The summed E-state index contributed by atoms with van der Waals surface area (Å²) >= 11 is 0. The molecule has 1 aliphatic carbocycles. The number of carboxylic acid groups (broad SMARTS) is 1. The van der Waals surface area contributed by atoms with Gasteiger partial charge in [-0.1, -0.05) is 84.9 Å². The van der Waals surface area contributed by atoms with Crippen LogP contribution in [0.4, 0.5) is 0 Å². The minimum Gasteiger partial charge on any atom is -0.478 e. The van der Waals surface area contributed by atoms with Crippen molar-refractivity contribution in [3.8, 4) is 11.1 Å². The van der Waals surface area contributed by atoms with Gasteiger partial charge in [0.05, 0.1) is 12.0 Å². The molecule has 6 rings (SSSR count). The molecular formula is C35H32N2O4. The maximum atomic E-state index is 13.3. The number of hydrogen-bond donors (Lipinski definition) is 2. The normalized spacial score (nSPS) is 17.4. The van der Waals surface area contributed by atoms with Crippen molar-refractivity contribution in [3.63, 3.8) is 0 Å². The molecule has 0 unspecified atom stereocenters. The minimum atomic E-state index is -0.966. The molecule has 1 aliphatic heterocycles. The van der Waals surface area contributed by atoms with Gasteiger partial charge in [0, 0.05) is 25.6 Å². The van der Waals surface area contributed by atoms with Gasteiger partial charge in [0.25, 0.3) is 0 Å². The van der Waals surface area contributed by atoms with Crippen molar-refractivity contribution in [1.29, 1.82) is 0 Å². The molecule has 2 N–H and O–H groups in total. The Balaban J connectivity index is 1.25. The zero-order valence-electron chi connectivity index (χ0n) is 22.8. The third kappa shape index (κ3) is 5.78. The van der Waals surface area contributed by atoms with Crippen molar-refractivity contribution >= 4 is 17.8 Å². The summed E-state index contributed by atoms with van der Waals surface area (Å²) in [6, 6.07) is 30.9. The molecule has 0 radical (unpaired) electrons. The number of carbonyl (C=O) groups is 3. The van der Waals surface area contributed by atoms with Crippen LogP contribution >= 0.6 is 0 Å². The second-order valence-corrected chi connectivity index (χ2v) is 10.9. The van der Waals surface area contributed by atoms with Crippen molar-refractivity contribution in [2.24, 2.45) is 5.92 Å². The molecule has 1 saturated carbocycles. The van der Waals surface area contributed by atoms with Crippen LogP contribution in [0, 0.1) is 5.92 Å². The number of benzene rings is 4. The highest BCUT2D eigenvalue weighted by Crippen LogP contribution is 2.47. The topological polar surface area (TPSA) is 86.7 Å². The molecule has 41 heavy (non-hydrogen) atoms. The second kappa shape index (κ2) is 11.4. The summed E-state index contributed by atoms with van der Waals surface area (Å²) in [4.78, 5) is 39.9. The van der Waals surface area contributed by atoms with E-state index < -0.39 is 5.97 Å². The fourth-order valence-corrected chi connectivity index (χ4v) is 5.96. The molecule has 1 heterocycles. The maximum Gasteiger partial charge on any atom is 0.335 e. The lowest BCUT2D eigenvalue weighted by Gasteiger charge is -2.32. The molecular weight excluding hydrogens is 512 g/mol. The number of carbonyl (C=O) groups excluding carboxylic acids is 2. The number of fused-ring (bicyclic) bond motifs is 1. The van der Waals surface area contributed by atoms with E-state index in [-0.39, 0.29) is 29.2 Å². The third-order valence-corrected chi connectivity index (χ3v) is 8.29. The van der Waals surface area contributed by atoms with E-state index in [0.29, 0.717) is 32.5 Å². The van der Waals surface area contributed by atoms with Gasteiger partial charge in [-0.15, -0.1) is 0 Å². The molecule has 1 fully saturated rings. The third-order valence-electron chi connectivity index (χ3n) is 8.29. The lowest BCUT2D eigenvalue weighted by Crippen LogP contribution is -2.38. The highest BCUT2D eigenvalue weighted by molar-refractivity contribution is 5.90. The van der Waals surface area contributed by atoms with Crippen molar-refractivity contribution in [2.45, 2.75) is 38.3 Å². The van der Waals surface area contributed by atoms with Crippen LogP contribution in [0.3, 0.4) is 0 Å². The van der Waals surface area contributed by atoms with Crippen LogP contribution in [-0.4, -0.2) is 34.3 Å². The Bertz CT molecular complexity index is 1600. The Morgan fingerprint density at radius 3 is 2.37 bits per heavy atom. The number of aromatic carboxylic acids is 1. The molecule has 0 bridgehead atoms. The maximum absolute atomic E-state index is 13.3. The monoisotopic (exact) mass is 544 g/mol. The summed E-state index contributed by atoms with van der Waals surface area (Å²) in [5.74, 6) is -0.598. The van der Waals surface area contributed by atoms with E-state index >= 15 is 0 Å². The van der Waals surface area contributed by atoms with Gasteiger partial charge in [-0.3, -0.25) is 9.59 Å². The minimum absolute atomic E-state index is 0.0183. The molecule has 2 aliphatic rings. The van der Waals surface area contributed by atoms with Gasteiger partial charge in [0.15, 0.2) is 0 Å². The Morgan fingerprint density at radius 1 is 0.854 bits per heavy atom. The number of nitrogens with one attached hydrogen (secondary N) is 1. The lowest BCUT2D eigenvalue weighted by molar-refractivity contribution is -0.131. The zero-order chi connectivity index (χ0) is 28.3. The Labute approximate surface area is 239 Å². The average Bonchev–Trinajstić information content (AvgIpc) is 3.82. The summed E-state index contributed by atoms with van der Waals surface area (Å²) in [6.45, 7) is 1.42. The molecule has 0 aromatic heterocycles. The van der Waals surface area contributed by atoms with Gasteiger partial charge >= 0.3 is 5.97 Å². The Hall–Kier alpha value is -4.71. The van der Waals surface area contributed by atoms with E-state index in [1.165, 1.54) is 5.56 Å². The number of hydrogen-bond acceptors (Lipinski definition) is 3. The van der Waals surface area contributed by atoms with Crippen LogP contribution in [0.5, 0.6) is 0 Å². The zero-order valence-corrected chi connectivity index (χ0v) is 22.8. The van der Waals surface area contributed by atoms with E-state index in [9.17, 15) is 19.5 Å². The van der Waals surface area contributed by atoms with E-state index in [0.717, 1.165) is 39.8 Å². The van der Waals surface area contributed by atoms with E-state index in [1.54, 1.807) is 18.2 Å². The van der Waals surface area contributed by atoms with Crippen LogP contribution < -0.4 is 5.32 Å². The fraction of sp³-hybridized carbons (Fsp3) is 0.229. The SMILES string of the molecule is O=C(O)c1cccc(-c2ccc(CNC(=O)[C@H]3C[C@H]3c3ccccc3)c3c2CCN(C(=O)Cc2ccccc2)C3)c1. The first-order valence-electron chi connectivity index (χ1n) is 14.1. The first-order valence-corrected chi connectivity index (χ1v) is 14.1. The number of carboxylic acids is 1. The highest BCUT2D eigenvalue weighted by atomic mass is 16.4. The van der Waals surface area contributed by atoms with E-state index in [4.69, 9.17) is 0 Å². The smallest absolute Gasteiger partial charge is 0.335 e. The standard InChI is InChI=1S/C35H32N2O4/c38-33(18-23-8-3-1-4-9-23)37-17-16-29-28(25-12-7-13-26(19-25)35(40)41)15-14-27(32(29)22-37)21-36-34(39)31-20-30(31)24-10-5-2-6-11-24/h1-15,19,30-31H,16-18,20-22H2,(H,36,39)(H,40,41)/t30-,31-/m0/s1. The van der Waals surface area contributed by atoms with E-state index in [2.05, 4.69) is 17.4 Å². The second-order valence-electron chi connectivity index (χ2n) is 10.9. The number of rotatable bonds is 8. The van der Waals surface area contributed by atoms with Crippen LogP contribution in [-0.2, 0) is 35.5 Å². The molecule has 4 aromatic carbocycles. The molecule has 206 valence electrons. The van der Waals surface area contributed by atoms with Crippen LogP contribution in [0.25, 0.3) is 11.1 Å². The summed E-state index contributed by atoms with van der Waals surface area (Å²) in [6.07, 6.45) is 1.85. The quantitative estimate of drug-likeness (QED) is 0.302. The predicted molar refractivity (Wildman–Crippen MR) is 157 cm³/mol. The van der Waals surface area contributed by atoms with Gasteiger partial charge in [0.2, 0.25) is 11.8 Å². The highest BCUT2D eigenvalue weighted by Gasteiger charge is 2.43. The molecule has 2 amide bonds. The lowest BCUT2D eigenvalue weighted by atomic mass is 9.87.